The zero-order valence-corrected chi connectivity index (χ0v) is 18.5. The summed E-state index contributed by atoms with van der Waals surface area (Å²) in [5.74, 6) is 3.22. The van der Waals surface area contributed by atoms with Gasteiger partial charge in [-0.05, 0) is 29.0 Å². The number of hydrogen-bond acceptors (Lipinski definition) is 5. The molecule has 0 radical (unpaired) electrons. The minimum absolute atomic E-state index is 0.573. The summed E-state index contributed by atoms with van der Waals surface area (Å²) >= 11 is 0. The van der Waals surface area contributed by atoms with E-state index in [0.29, 0.717) is 28.7 Å². The van der Waals surface area contributed by atoms with E-state index in [1.807, 2.05) is 18.2 Å². The minimum Gasteiger partial charge on any atom is -0.493 e. The zero-order chi connectivity index (χ0) is 21.7. The Kier molecular flexibility index (Phi) is 4.65. The van der Waals surface area contributed by atoms with Gasteiger partial charge in [0.2, 0.25) is 5.75 Å². The predicted octanol–water partition coefficient (Wildman–Crippen LogP) is 4.42. The summed E-state index contributed by atoms with van der Waals surface area (Å²) in [7, 11) is 8.24. The number of hydrogen-bond donors (Lipinski definition) is 0. The lowest BCUT2D eigenvalue weighted by molar-refractivity contribution is -0.689. The third-order valence-corrected chi connectivity index (χ3v) is 6.29. The molecular formula is C25H26NO5+. The minimum atomic E-state index is 0.573. The molecule has 1 aliphatic heterocycles. The van der Waals surface area contributed by atoms with Crippen LogP contribution in [0.5, 0.6) is 28.7 Å². The predicted molar refractivity (Wildman–Crippen MR) is 120 cm³/mol. The molecule has 0 atom stereocenters. The largest absolute Gasteiger partial charge is 0.493 e. The van der Waals surface area contributed by atoms with Gasteiger partial charge in [-0.3, -0.25) is 0 Å². The van der Waals surface area contributed by atoms with E-state index in [-0.39, 0.29) is 0 Å². The molecule has 31 heavy (non-hydrogen) atoms. The molecule has 0 spiro atoms. The summed E-state index contributed by atoms with van der Waals surface area (Å²) in [5, 5.41) is 6.42. The van der Waals surface area contributed by atoms with Crippen molar-refractivity contribution < 1.29 is 28.3 Å². The molecule has 160 valence electrons. The van der Waals surface area contributed by atoms with Gasteiger partial charge >= 0.3 is 0 Å². The number of fused-ring (bicyclic) bond motifs is 7. The van der Waals surface area contributed by atoms with Gasteiger partial charge in [-0.25, -0.2) is 4.57 Å². The van der Waals surface area contributed by atoms with E-state index in [4.69, 9.17) is 23.7 Å². The summed E-state index contributed by atoms with van der Waals surface area (Å²) < 4.78 is 30.9. The Balaban J connectivity index is 2.09. The maximum Gasteiger partial charge on any atom is 0.203 e. The van der Waals surface area contributed by atoms with Crippen LogP contribution in [-0.2, 0) is 13.0 Å². The quantitative estimate of drug-likeness (QED) is 0.353. The molecule has 0 aliphatic carbocycles. The Bertz CT molecular complexity index is 1350. The number of ether oxygens (including phenoxy) is 5. The summed E-state index contributed by atoms with van der Waals surface area (Å²) in [6, 6.07) is 8.41. The Morgan fingerprint density at radius 2 is 1.19 bits per heavy atom. The number of aryl methyl sites for hydroxylation is 2. The lowest BCUT2D eigenvalue weighted by atomic mass is 9.93. The highest BCUT2D eigenvalue weighted by molar-refractivity contribution is 6.27. The highest BCUT2D eigenvalue weighted by Gasteiger charge is 2.26. The van der Waals surface area contributed by atoms with E-state index >= 15 is 0 Å². The zero-order valence-electron chi connectivity index (χ0n) is 18.5. The normalized spacial score (nSPS) is 12.9. The van der Waals surface area contributed by atoms with Crippen molar-refractivity contribution in [1.82, 2.24) is 0 Å². The molecule has 0 saturated carbocycles. The molecule has 5 rings (SSSR count). The Labute approximate surface area is 180 Å². The van der Waals surface area contributed by atoms with Crippen LogP contribution < -0.4 is 28.3 Å². The third-order valence-electron chi connectivity index (χ3n) is 6.29. The van der Waals surface area contributed by atoms with Crippen molar-refractivity contribution >= 4 is 32.3 Å². The highest BCUT2D eigenvalue weighted by atomic mass is 16.5. The van der Waals surface area contributed by atoms with Crippen molar-refractivity contribution in [2.75, 3.05) is 35.5 Å². The van der Waals surface area contributed by atoms with Crippen molar-refractivity contribution in [3.05, 3.63) is 36.2 Å². The molecule has 0 amide bonds. The van der Waals surface area contributed by atoms with Crippen LogP contribution in [0.15, 0.2) is 30.5 Å². The van der Waals surface area contributed by atoms with Crippen LogP contribution >= 0.6 is 0 Å². The van der Waals surface area contributed by atoms with Crippen LogP contribution in [0.3, 0.4) is 0 Å². The van der Waals surface area contributed by atoms with E-state index in [1.165, 1.54) is 5.69 Å². The monoisotopic (exact) mass is 420 g/mol. The van der Waals surface area contributed by atoms with Crippen LogP contribution in [0.4, 0.5) is 0 Å². The first-order valence-electron chi connectivity index (χ1n) is 10.3. The van der Waals surface area contributed by atoms with E-state index < -0.39 is 0 Å². The second-order valence-corrected chi connectivity index (χ2v) is 7.71. The van der Waals surface area contributed by atoms with Crippen molar-refractivity contribution in [3.8, 4) is 28.7 Å². The SMILES string of the molecule is COc1cc2c3c[n+]4c(cc3c3cc(OC)c(OC)c(OC)c3c2cc1OC)CCC4. The fourth-order valence-corrected chi connectivity index (χ4v) is 4.87. The van der Waals surface area contributed by atoms with Crippen molar-refractivity contribution in [3.63, 3.8) is 0 Å². The van der Waals surface area contributed by atoms with Crippen molar-refractivity contribution in [1.29, 1.82) is 0 Å². The number of rotatable bonds is 5. The lowest BCUT2D eigenvalue weighted by Crippen LogP contribution is -2.32. The number of pyridine rings is 1. The first-order chi connectivity index (χ1) is 15.1. The molecule has 0 unspecified atom stereocenters. The number of benzene rings is 3. The molecule has 0 N–H and O–H groups in total. The first kappa shape index (κ1) is 19.5. The molecule has 0 saturated heterocycles. The van der Waals surface area contributed by atoms with Gasteiger partial charge in [-0.15, -0.1) is 0 Å². The van der Waals surface area contributed by atoms with Crippen LogP contribution in [0.25, 0.3) is 32.3 Å². The Morgan fingerprint density at radius 1 is 0.613 bits per heavy atom. The molecule has 1 aliphatic rings. The standard InChI is InChI=1S/C25H26NO5/c1-27-20-10-16-17(11-21(20)28-2)23-18(12-22(29-3)24(30-4)25(23)31-5)15-9-14-7-6-8-26(14)13-19(15)16/h9-13H,6-8H2,1-5H3/q+1. The smallest absolute Gasteiger partial charge is 0.203 e. The molecule has 0 fully saturated rings. The van der Waals surface area contributed by atoms with E-state index in [2.05, 4.69) is 16.8 Å². The van der Waals surface area contributed by atoms with E-state index in [0.717, 1.165) is 51.7 Å². The van der Waals surface area contributed by atoms with Crippen molar-refractivity contribution in [2.45, 2.75) is 19.4 Å². The maximum absolute atomic E-state index is 5.89. The van der Waals surface area contributed by atoms with Gasteiger partial charge in [0.05, 0.1) is 40.9 Å². The number of nitrogens with zero attached hydrogens (tertiary/aromatic N) is 1. The second-order valence-electron chi connectivity index (χ2n) is 7.71. The molecule has 0 bridgehead atoms. The summed E-state index contributed by atoms with van der Waals surface area (Å²) in [6.07, 6.45) is 4.49. The van der Waals surface area contributed by atoms with Crippen LogP contribution in [0.2, 0.25) is 0 Å². The summed E-state index contributed by atoms with van der Waals surface area (Å²) in [5.41, 5.74) is 1.34. The molecule has 6 nitrogen and oxygen atoms in total. The van der Waals surface area contributed by atoms with Gasteiger partial charge in [0, 0.05) is 35.1 Å². The lowest BCUT2D eigenvalue weighted by Gasteiger charge is -2.19. The van der Waals surface area contributed by atoms with Crippen molar-refractivity contribution in [2.24, 2.45) is 0 Å². The fraction of sp³-hybridized carbons (Fsp3) is 0.320. The molecule has 1 aromatic heterocycles. The first-order valence-corrected chi connectivity index (χ1v) is 10.3. The summed E-state index contributed by atoms with van der Waals surface area (Å²) in [4.78, 5) is 0. The number of methoxy groups -OCH3 is 5. The molecule has 6 heteroatoms. The Morgan fingerprint density at radius 3 is 1.81 bits per heavy atom. The van der Waals surface area contributed by atoms with Crippen LogP contribution in [0.1, 0.15) is 12.1 Å². The van der Waals surface area contributed by atoms with Gasteiger partial charge in [-0.2, -0.15) is 0 Å². The average Bonchev–Trinajstić information content (AvgIpc) is 3.28. The van der Waals surface area contributed by atoms with Gasteiger partial charge in [-0.1, -0.05) is 0 Å². The number of aromatic nitrogens is 1. The highest BCUT2D eigenvalue weighted by Crippen LogP contribution is 2.50. The fourth-order valence-electron chi connectivity index (χ4n) is 4.87. The Hall–Kier alpha value is -3.41. The van der Waals surface area contributed by atoms with Gasteiger partial charge in [0.25, 0.3) is 0 Å². The van der Waals surface area contributed by atoms with Crippen LogP contribution in [-0.4, -0.2) is 35.5 Å². The van der Waals surface area contributed by atoms with Crippen LogP contribution in [0, 0.1) is 0 Å². The summed E-state index contributed by atoms with van der Waals surface area (Å²) in [6.45, 7) is 1.04. The third kappa shape index (κ3) is 2.74. The average molecular weight is 420 g/mol. The van der Waals surface area contributed by atoms with Gasteiger partial charge in [0.1, 0.15) is 6.54 Å². The molecular weight excluding hydrogens is 394 g/mol. The molecule has 2 heterocycles. The maximum atomic E-state index is 5.89. The molecule has 3 aromatic carbocycles. The topological polar surface area (TPSA) is 50.0 Å². The van der Waals surface area contributed by atoms with Gasteiger partial charge in [0.15, 0.2) is 34.9 Å². The molecule has 4 aromatic rings. The second kappa shape index (κ2) is 7.38. The van der Waals surface area contributed by atoms with Gasteiger partial charge < -0.3 is 23.7 Å². The van der Waals surface area contributed by atoms with E-state index in [9.17, 15) is 0 Å². The van der Waals surface area contributed by atoms with E-state index in [1.54, 1.807) is 35.5 Å².